The van der Waals surface area contributed by atoms with Gasteiger partial charge in [0.15, 0.2) is 6.23 Å². The van der Waals surface area contributed by atoms with Crippen molar-refractivity contribution in [2.45, 2.75) is 19.6 Å². The summed E-state index contributed by atoms with van der Waals surface area (Å²) < 4.78 is 48.6. The summed E-state index contributed by atoms with van der Waals surface area (Å²) in [6.45, 7) is 1.62. The first kappa shape index (κ1) is 20.3. The molecule has 9 nitrogen and oxygen atoms in total. The van der Waals surface area contributed by atoms with Crippen molar-refractivity contribution in [2.24, 2.45) is 0 Å². The first-order chi connectivity index (χ1) is 10.3. The Hall–Kier alpha value is 0.230. The van der Waals surface area contributed by atoms with Crippen molar-refractivity contribution in [3.8, 4) is 0 Å². The van der Waals surface area contributed by atoms with E-state index in [1.165, 1.54) is 16.3 Å². The molecule has 0 aromatic heterocycles. The Balaban J connectivity index is 2.83. The molecule has 12 heteroatoms. The SMILES string of the molecule is CCS(=O)(=O)OCCN1C(OO)CCOP1(=O)N(C)CCCl. The van der Waals surface area contributed by atoms with E-state index in [-0.39, 0.29) is 37.8 Å². The number of hydrogen-bond acceptors (Lipinski definition) is 7. The second-order valence-corrected chi connectivity index (χ2v) is 9.32. The van der Waals surface area contributed by atoms with Gasteiger partial charge in [0, 0.05) is 25.4 Å². The van der Waals surface area contributed by atoms with E-state index in [2.05, 4.69) is 4.89 Å². The molecule has 1 aliphatic rings. The second kappa shape index (κ2) is 8.91. The lowest BCUT2D eigenvalue weighted by molar-refractivity contribution is -0.309. The van der Waals surface area contributed by atoms with Crippen molar-refractivity contribution >= 4 is 29.4 Å². The minimum Gasteiger partial charge on any atom is -0.306 e. The molecule has 2 atom stereocenters. The Labute approximate surface area is 135 Å². The highest BCUT2D eigenvalue weighted by molar-refractivity contribution is 7.86. The van der Waals surface area contributed by atoms with Gasteiger partial charge in [-0.2, -0.15) is 13.1 Å². The fourth-order valence-corrected chi connectivity index (χ4v) is 5.04. The van der Waals surface area contributed by atoms with Crippen LogP contribution in [0, 0.1) is 0 Å². The molecule has 1 fully saturated rings. The molecule has 2 unspecified atom stereocenters. The zero-order valence-electron chi connectivity index (χ0n) is 12.6. The summed E-state index contributed by atoms with van der Waals surface area (Å²) in [4.78, 5) is 4.35. The maximum Gasteiger partial charge on any atom is 0.348 e. The highest BCUT2D eigenvalue weighted by atomic mass is 35.5. The van der Waals surface area contributed by atoms with Gasteiger partial charge in [-0.15, -0.1) is 11.6 Å². The van der Waals surface area contributed by atoms with E-state index in [1.54, 1.807) is 7.05 Å². The van der Waals surface area contributed by atoms with Crippen molar-refractivity contribution in [2.75, 3.05) is 45.0 Å². The van der Waals surface area contributed by atoms with Crippen LogP contribution in [0.4, 0.5) is 0 Å². The fourth-order valence-electron chi connectivity index (χ4n) is 1.92. The second-order valence-electron chi connectivity index (χ2n) is 4.57. The molecule has 0 bridgehead atoms. The van der Waals surface area contributed by atoms with Crippen molar-refractivity contribution in [3.05, 3.63) is 0 Å². The largest absolute Gasteiger partial charge is 0.348 e. The molecule has 1 saturated heterocycles. The maximum atomic E-state index is 13.0. The van der Waals surface area contributed by atoms with Crippen LogP contribution >= 0.6 is 19.3 Å². The molecule has 0 aliphatic carbocycles. The molecule has 0 radical (unpaired) electrons. The van der Waals surface area contributed by atoms with E-state index in [4.69, 9.17) is 25.6 Å². The normalized spacial score (nSPS) is 27.4. The summed E-state index contributed by atoms with van der Waals surface area (Å²) in [6, 6.07) is 0. The molecular weight excluding hydrogens is 359 g/mol. The van der Waals surface area contributed by atoms with Crippen LogP contribution in [-0.4, -0.2) is 74.2 Å². The van der Waals surface area contributed by atoms with Gasteiger partial charge in [-0.3, -0.25) is 14.0 Å². The molecule has 0 amide bonds. The molecule has 132 valence electrons. The van der Waals surface area contributed by atoms with Gasteiger partial charge >= 0.3 is 7.67 Å². The Bertz CT molecular complexity index is 492. The molecule has 0 aromatic carbocycles. The summed E-state index contributed by atoms with van der Waals surface area (Å²) in [5.74, 6) is 0.0797. The highest BCUT2D eigenvalue weighted by Crippen LogP contribution is 2.57. The third kappa shape index (κ3) is 5.12. The number of nitrogens with zero attached hydrogens (tertiary/aromatic N) is 2. The van der Waals surface area contributed by atoms with Crippen LogP contribution in [0.25, 0.3) is 0 Å². The van der Waals surface area contributed by atoms with Crippen LogP contribution < -0.4 is 0 Å². The third-order valence-electron chi connectivity index (χ3n) is 3.18. The van der Waals surface area contributed by atoms with Gasteiger partial charge in [-0.1, -0.05) is 0 Å². The number of halogens is 1. The molecule has 1 aliphatic heterocycles. The van der Waals surface area contributed by atoms with Crippen molar-refractivity contribution in [3.63, 3.8) is 0 Å². The van der Waals surface area contributed by atoms with Gasteiger partial charge in [0.05, 0.1) is 19.0 Å². The lowest BCUT2D eigenvalue weighted by atomic mass is 10.4. The molecule has 1 N–H and O–H groups in total. The van der Waals surface area contributed by atoms with Gasteiger partial charge < -0.3 is 4.52 Å². The first-order valence-electron chi connectivity index (χ1n) is 6.77. The zero-order chi connectivity index (χ0) is 16.8. The summed E-state index contributed by atoms with van der Waals surface area (Å²) in [6.07, 6.45) is -0.583. The van der Waals surface area contributed by atoms with Crippen LogP contribution in [-0.2, 0) is 28.3 Å². The van der Waals surface area contributed by atoms with Crippen LogP contribution in [0.1, 0.15) is 13.3 Å². The van der Waals surface area contributed by atoms with E-state index in [1.807, 2.05) is 0 Å². The lowest BCUT2D eigenvalue weighted by Gasteiger charge is -2.42. The predicted molar refractivity (Wildman–Crippen MR) is 81.1 cm³/mol. The van der Waals surface area contributed by atoms with E-state index >= 15 is 0 Å². The molecule has 1 rings (SSSR count). The summed E-state index contributed by atoms with van der Waals surface area (Å²) in [5.41, 5.74) is 0. The lowest BCUT2D eigenvalue weighted by Crippen LogP contribution is -2.45. The van der Waals surface area contributed by atoms with Gasteiger partial charge in [0.2, 0.25) is 0 Å². The fraction of sp³-hybridized carbons (Fsp3) is 1.00. The van der Waals surface area contributed by atoms with E-state index in [0.717, 1.165) is 0 Å². The van der Waals surface area contributed by atoms with Gasteiger partial charge in [-0.05, 0) is 14.0 Å². The van der Waals surface area contributed by atoms with Gasteiger partial charge in [-0.25, -0.2) is 9.56 Å². The highest BCUT2D eigenvalue weighted by Gasteiger charge is 2.44. The topological polar surface area (TPSA) is 106 Å². The smallest absolute Gasteiger partial charge is 0.306 e. The standard InChI is InChI=1S/C10H22ClN2O7PS/c1-3-22(16,17)19-9-7-13-10(20-14)4-8-18-21(13,15)12(2)6-5-11/h10,14H,3-9H2,1-2H3. The van der Waals surface area contributed by atoms with E-state index < -0.39 is 24.0 Å². The van der Waals surface area contributed by atoms with Crippen LogP contribution in [0.2, 0.25) is 0 Å². The Morgan fingerprint density at radius 1 is 1.55 bits per heavy atom. The summed E-state index contributed by atoms with van der Waals surface area (Å²) in [7, 11) is -5.51. The first-order valence-corrected chi connectivity index (χ1v) is 10.4. The van der Waals surface area contributed by atoms with E-state index in [9.17, 15) is 13.0 Å². The van der Waals surface area contributed by atoms with Crippen molar-refractivity contribution in [1.29, 1.82) is 0 Å². The summed E-state index contributed by atoms with van der Waals surface area (Å²) in [5, 5.41) is 8.99. The number of hydrogen-bond donors (Lipinski definition) is 1. The van der Waals surface area contributed by atoms with Gasteiger partial charge in [0.1, 0.15) is 0 Å². The quantitative estimate of drug-likeness (QED) is 0.207. The maximum absolute atomic E-state index is 13.0. The average molecular weight is 381 g/mol. The Morgan fingerprint density at radius 3 is 2.77 bits per heavy atom. The molecule has 0 spiro atoms. The van der Waals surface area contributed by atoms with Crippen LogP contribution in [0.3, 0.4) is 0 Å². The number of alkyl halides is 1. The average Bonchev–Trinajstić information content (AvgIpc) is 2.49. The molecule has 0 aromatic rings. The minimum atomic E-state index is -3.61. The minimum absolute atomic E-state index is 0.0473. The predicted octanol–water partition coefficient (Wildman–Crippen LogP) is 1.17. The number of rotatable bonds is 9. The van der Waals surface area contributed by atoms with Crippen molar-refractivity contribution in [1.82, 2.24) is 9.34 Å². The van der Waals surface area contributed by atoms with Crippen LogP contribution in [0.5, 0.6) is 0 Å². The van der Waals surface area contributed by atoms with Gasteiger partial charge in [0.25, 0.3) is 10.1 Å². The zero-order valence-corrected chi connectivity index (χ0v) is 15.0. The molecule has 1 heterocycles. The molecule has 0 saturated carbocycles. The Morgan fingerprint density at radius 2 is 2.23 bits per heavy atom. The third-order valence-corrected chi connectivity index (χ3v) is 7.27. The Kier molecular flexibility index (Phi) is 8.21. The molecular formula is C10H22ClN2O7PS. The molecule has 22 heavy (non-hydrogen) atoms. The summed E-state index contributed by atoms with van der Waals surface area (Å²) >= 11 is 5.66. The van der Waals surface area contributed by atoms with Crippen LogP contribution in [0.15, 0.2) is 0 Å². The van der Waals surface area contributed by atoms with Crippen molar-refractivity contribution < 1.29 is 31.8 Å². The van der Waals surface area contributed by atoms with E-state index in [0.29, 0.717) is 6.54 Å². The monoisotopic (exact) mass is 380 g/mol.